The lowest BCUT2D eigenvalue weighted by Gasteiger charge is -2.23. The largest absolute Gasteiger partial charge is 0.311 e. The van der Waals surface area contributed by atoms with E-state index in [1.165, 1.54) is 11.8 Å². The Morgan fingerprint density at radius 1 is 1.22 bits per heavy atom. The summed E-state index contributed by atoms with van der Waals surface area (Å²) in [6, 6.07) is 13.1. The molecule has 0 fully saturated rings. The number of hydrogen-bond acceptors (Lipinski definition) is 5. The summed E-state index contributed by atoms with van der Waals surface area (Å²) in [4.78, 5) is 32.4. The van der Waals surface area contributed by atoms with Crippen molar-refractivity contribution in [3.8, 4) is 6.07 Å². The summed E-state index contributed by atoms with van der Waals surface area (Å²) in [5, 5.41) is 10.6. The number of aromatic nitrogens is 2. The maximum Gasteiger partial charge on any atom is 0.262 e. The summed E-state index contributed by atoms with van der Waals surface area (Å²) >= 11 is 7.32. The van der Waals surface area contributed by atoms with Gasteiger partial charge < -0.3 is 4.90 Å². The molecule has 0 atom stereocenters. The molecule has 0 radical (unpaired) electrons. The highest BCUT2D eigenvalue weighted by atomic mass is 35.5. The average Bonchev–Trinajstić information content (AvgIpc) is 2.74. The molecule has 0 aliphatic heterocycles. The molecule has 0 spiro atoms. The first-order valence-electron chi connectivity index (χ1n) is 10.4. The number of nitrogens with zero attached hydrogens (tertiary/aromatic N) is 4. The first-order chi connectivity index (χ1) is 15.3. The fraction of sp³-hybridized carbons (Fsp3) is 0.333. The monoisotopic (exact) mass is 468 g/mol. The fourth-order valence-corrected chi connectivity index (χ4v) is 4.64. The zero-order valence-electron chi connectivity index (χ0n) is 18.4. The molecule has 0 N–H and O–H groups in total. The summed E-state index contributed by atoms with van der Waals surface area (Å²) in [5.74, 6) is -0.0422. The molecule has 0 aliphatic rings. The molecule has 0 unspecified atom stereocenters. The molecule has 6 nitrogen and oxygen atoms in total. The summed E-state index contributed by atoms with van der Waals surface area (Å²) < 4.78 is 1.62. The fourth-order valence-electron chi connectivity index (χ4n) is 3.58. The van der Waals surface area contributed by atoms with Gasteiger partial charge in [0, 0.05) is 23.8 Å². The van der Waals surface area contributed by atoms with Gasteiger partial charge in [0.05, 0.1) is 29.1 Å². The highest BCUT2D eigenvalue weighted by Gasteiger charge is 2.19. The molecule has 166 valence electrons. The van der Waals surface area contributed by atoms with E-state index in [9.17, 15) is 9.59 Å². The van der Waals surface area contributed by atoms with E-state index in [4.69, 9.17) is 16.9 Å². The van der Waals surface area contributed by atoms with E-state index in [0.29, 0.717) is 34.2 Å². The molecule has 0 saturated heterocycles. The van der Waals surface area contributed by atoms with Crippen molar-refractivity contribution in [2.45, 2.75) is 45.3 Å². The second-order valence-electron chi connectivity index (χ2n) is 7.60. The minimum atomic E-state index is -0.140. The Morgan fingerprint density at radius 2 is 1.94 bits per heavy atom. The van der Waals surface area contributed by atoms with Crippen molar-refractivity contribution < 1.29 is 4.79 Å². The molecule has 2 aromatic carbocycles. The highest BCUT2D eigenvalue weighted by Crippen LogP contribution is 2.24. The molecule has 1 aromatic heterocycles. The van der Waals surface area contributed by atoms with Crippen LogP contribution < -0.4 is 10.5 Å². The van der Waals surface area contributed by atoms with E-state index < -0.39 is 0 Å². The number of aryl methyl sites for hydroxylation is 2. The van der Waals surface area contributed by atoms with Gasteiger partial charge in [-0.2, -0.15) is 5.26 Å². The van der Waals surface area contributed by atoms with Crippen LogP contribution in [0.25, 0.3) is 10.9 Å². The van der Waals surface area contributed by atoms with Crippen molar-refractivity contribution in [1.29, 1.82) is 5.26 Å². The number of fused-ring (bicyclic) bond motifs is 1. The van der Waals surface area contributed by atoms with Gasteiger partial charge >= 0.3 is 0 Å². The van der Waals surface area contributed by atoms with Crippen molar-refractivity contribution in [1.82, 2.24) is 9.55 Å². The second-order valence-corrected chi connectivity index (χ2v) is 8.98. The predicted octanol–water partition coefficient (Wildman–Crippen LogP) is 5.12. The van der Waals surface area contributed by atoms with Crippen LogP contribution in [0.3, 0.4) is 0 Å². The molecule has 1 heterocycles. The van der Waals surface area contributed by atoms with E-state index in [2.05, 4.69) is 11.1 Å². The first kappa shape index (κ1) is 23.8. The number of anilines is 1. The standard InChI is InChI=1S/C24H25ClN4O2S/c1-4-9-29-23(31)20-7-6-18(25)14-21(20)27-24(29)32-15-22(30)28(10-5-8-26)19-12-16(2)11-17(3)13-19/h6-7,11-14H,4-5,9-10,15H2,1-3H3. The number of thioether (sulfide) groups is 1. The quantitative estimate of drug-likeness (QED) is 0.339. The highest BCUT2D eigenvalue weighted by molar-refractivity contribution is 7.99. The Hall–Kier alpha value is -2.82. The summed E-state index contributed by atoms with van der Waals surface area (Å²) in [5.41, 5.74) is 3.24. The number of nitriles is 1. The van der Waals surface area contributed by atoms with Crippen molar-refractivity contribution in [3.63, 3.8) is 0 Å². The number of rotatable bonds is 8. The summed E-state index contributed by atoms with van der Waals surface area (Å²) in [6.45, 7) is 6.76. The van der Waals surface area contributed by atoms with Gasteiger partial charge in [-0.1, -0.05) is 36.4 Å². The smallest absolute Gasteiger partial charge is 0.262 e. The molecule has 8 heteroatoms. The second kappa shape index (κ2) is 10.7. The van der Waals surface area contributed by atoms with Gasteiger partial charge in [-0.25, -0.2) is 4.98 Å². The normalized spacial score (nSPS) is 10.8. The zero-order valence-corrected chi connectivity index (χ0v) is 20.0. The molecule has 32 heavy (non-hydrogen) atoms. The summed E-state index contributed by atoms with van der Waals surface area (Å²) in [6.07, 6.45) is 0.996. The van der Waals surface area contributed by atoms with Gasteiger partial charge in [0.15, 0.2) is 5.16 Å². The average molecular weight is 469 g/mol. The number of carbonyl (C=O) groups excluding carboxylic acids is 1. The zero-order chi connectivity index (χ0) is 23.3. The molecule has 0 bridgehead atoms. The first-order valence-corrected chi connectivity index (χ1v) is 11.8. The lowest BCUT2D eigenvalue weighted by molar-refractivity contribution is -0.116. The van der Waals surface area contributed by atoms with E-state index in [1.807, 2.05) is 39.0 Å². The van der Waals surface area contributed by atoms with Crippen molar-refractivity contribution in [2.75, 3.05) is 17.2 Å². The number of hydrogen-bond donors (Lipinski definition) is 0. The third kappa shape index (κ3) is 5.50. The van der Waals surface area contributed by atoms with Crippen LogP contribution in [0.15, 0.2) is 46.3 Å². The van der Waals surface area contributed by atoms with Crippen LogP contribution in [0.2, 0.25) is 5.02 Å². The van der Waals surface area contributed by atoms with Crippen LogP contribution >= 0.6 is 23.4 Å². The Bertz CT molecular complexity index is 1230. The van der Waals surface area contributed by atoms with E-state index in [0.717, 1.165) is 23.2 Å². The molecular formula is C24H25ClN4O2S. The molecule has 3 aromatic rings. The molecule has 0 aliphatic carbocycles. The minimum absolute atomic E-state index is 0.0979. The van der Waals surface area contributed by atoms with Crippen molar-refractivity contribution >= 4 is 45.9 Å². The third-order valence-corrected chi connectivity index (χ3v) is 6.12. The maximum absolute atomic E-state index is 13.2. The summed E-state index contributed by atoms with van der Waals surface area (Å²) in [7, 11) is 0. The Balaban J connectivity index is 1.92. The van der Waals surface area contributed by atoms with E-state index in [-0.39, 0.29) is 23.6 Å². The van der Waals surface area contributed by atoms with Crippen LogP contribution in [0.1, 0.15) is 30.9 Å². The number of carbonyl (C=O) groups is 1. The topological polar surface area (TPSA) is 79.0 Å². The SMILES string of the molecule is CCCn1c(SCC(=O)N(CCC#N)c2cc(C)cc(C)c2)nc2cc(Cl)ccc2c1=O. The predicted molar refractivity (Wildman–Crippen MR) is 131 cm³/mol. The van der Waals surface area contributed by atoms with Crippen molar-refractivity contribution in [3.05, 3.63) is 62.9 Å². The van der Waals surface area contributed by atoms with Crippen LogP contribution in [0.5, 0.6) is 0 Å². The van der Waals surface area contributed by atoms with Crippen LogP contribution in [-0.4, -0.2) is 27.8 Å². The van der Waals surface area contributed by atoms with Gasteiger partial charge in [-0.05, 0) is 61.7 Å². The van der Waals surface area contributed by atoms with Crippen LogP contribution in [0.4, 0.5) is 5.69 Å². The van der Waals surface area contributed by atoms with Gasteiger partial charge in [0.25, 0.3) is 5.56 Å². The molecule has 0 saturated carbocycles. The number of amides is 1. The van der Waals surface area contributed by atoms with E-state index >= 15 is 0 Å². The van der Waals surface area contributed by atoms with E-state index in [1.54, 1.807) is 27.7 Å². The number of halogens is 1. The molecular weight excluding hydrogens is 444 g/mol. The number of benzene rings is 2. The van der Waals surface area contributed by atoms with Gasteiger partial charge in [0.2, 0.25) is 5.91 Å². The van der Waals surface area contributed by atoms with Gasteiger partial charge in [-0.3, -0.25) is 14.2 Å². The molecule has 3 rings (SSSR count). The van der Waals surface area contributed by atoms with Gasteiger partial charge in [-0.15, -0.1) is 0 Å². The third-order valence-electron chi connectivity index (χ3n) is 4.92. The Labute approximate surface area is 196 Å². The van der Waals surface area contributed by atoms with Crippen LogP contribution in [0, 0.1) is 25.2 Å². The molecule has 1 amide bonds. The van der Waals surface area contributed by atoms with Gasteiger partial charge in [0.1, 0.15) is 0 Å². The van der Waals surface area contributed by atoms with Crippen molar-refractivity contribution in [2.24, 2.45) is 0 Å². The lowest BCUT2D eigenvalue weighted by atomic mass is 10.1. The van der Waals surface area contributed by atoms with Crippen LogP contribution in [-0.2, 0) is 11.3 Å². The minimum Gasteiger partial charge on any atom is -0.311 e. The maximum atomic E-state index is 13.2. The lowest BCUT2D eigenvalue weighted by Crippen LogP contribution is -2.33. The Kier molecular flexibility index (Phi) is 7.94. The Morgan fingerprint density at radius 3 is 2.59 bits per heavy atom.